The number of nitrogens with one attached hydrogen (secondary N) is 1. The lowest BCUT2D eigenvalue weighted by atomic mass is 10.1. The maximum Gasteiger partial charge on any atom is 0.287 e. The number of carbonyl (C=O) groups excluding carboxylic acids is 1. The molecule has 1 aromatic rings. The molecule has 3 N–H and O–H groups in total. The molecule has 1 aliphatic carbocycles. The average Bonchev–Trinajstić information content (AvgIpc) is 2.85. The molecule has 1 aromatic heterocycles. The minimum absolute atomic E-state index is 0.0557. The Morgan fingerprint density at radius 1 is 1.53 bits per heavy atom. The van der Waals surface area contributed by atoms with Gasteiger partial charge in [-0.05, 0) is 40.9 Å². The van der Waals surface area contributed by atoms with E-state index in [1.54, 1.807) is 12.1 Å². The van der Waals surface area contributed by atoms with E-state index < -0.39 is 6.10 Å². The molecule has 94 valence electrons. The van der Waals surface area contributed by atoms with Gasteiger partial charge in [-0.3, -0.25) is 4.79 Å². The van der Waals surface area contributed by atoms with Crippen LogP contribution in [0.1, 0.15) is 23.4 Å². The van der Waals surface area contributed by atoms with Crippen LogP contribution in [0, 0.1) is 5.92 Å². The maximum absolute atomic E-state index is 11.7. The molecule has 0 spiro atoms. The zero-order chi connectivity index (χ0) is 12.4. The molecule has 17 heavy (non-hydrogen) atoms. The number of aliphatic hydroxyl groups is 2. The number of rotatable bonds is 3. The molecule has 0 aromatic carbocycles. The molecule has 1 saturated carbocycles. The van der Waals surface area contributed by atoms with Gasteiger partial charge in [0.25, 0.3) is 5.91 Å². The van der Waals surface area contributed by atoms with Crippen molar-refractivity contribution in [1.82, 2.24) is 5.32 Å². The first-order valence-corrected chi connectivity index (χ1v) is 6.24. The molecule has 5 nitrogen and oxygen atoms in total. The standard InChI is InChI=1S/C11H14BrNO4/c12-10-2-1-9(17-10)11(16)13-7-3-6(5-14)8(15)4-7/h1-2,6-8,14-15H,3-5H2,(H,13,16)/t6-,7+,8-/m1/s1. The lowest BCUT2D eigenvalue weighted by Crippen LogP contribution is -2.33. The lowest BCUT2D eigenvalue weighted by Gasteiger charge is -2.10. The van der Waals surface area contributed by atoms with E-state index in [0.717, 1.165) is 0 Å². The molecule has 0 unspecified atom stereocenters. The summed E-state index contributed by atoms with van der Waals surface area (Å²) in [5.41, 5.74) is 0. The van der Waals surface area contributed by atoms with Crippen molar-refractivity contribution in [3.05, 3.63) is 22.6 Å². The summed E-state index contributed by atoms with van der Waals surface area (Å²) in [5.74, 6) is -0.214. The van der Waals surface area contributed by atoms with Crippen molar-refractivity contribution in [2.24, 2.45) is 5.92 Å². The zero-order valence-corrected chi connectivity index (χ0v) is 10.7. The van der Waals surface area contributed by atoms with Crippen LogP contribution in [-0.2, 0) is 0 Å². The minimum atomic E-state index is -0.548. The maximum atomic E-state index is 11.7. The molecular weight excluding hydrogens is 290 g/mol. The number of amides is 1. The van der Waals surface area contributed by atoms with E-state index in [0.29, 0.717) is 17.5 Å². The van der Waals surface area contributed by atoms with Crippen molar-refractivity contribution in [1.29, 1.82) is 0 Å². The van der Waals surface area contributed by atoms with Crippen LogP contribution in [-0.4, -0.2) is 34.9 Å². The third-order valence-electron chi connectivity index (χ3n) is 3.02. The molecule has 1 amide bonds. The Balaban J connectivity index is 1.92. The summed E-state index contributed by atoms with van der Waals surface area (Å²) >= 11 is 3.12. The van der Waals surface area contributed by atoms with Gasteiger partial charge in [0.15, 0.2) is 10.4 Å². The molecule has 0 aliphatic heterocycles. The average molecular weight is 304 g/mol. The van der Waals surface area contributed by atoms with E-state index in [9.17, 15) is 9.90 Å². The number of carbonyl (C=O) groups is 1. The summed E-state index contributed by atoms with van der Waals surface area (Å²) in [6, 6.07) is 3.11. The van der Waals surface area contributed by atoms with E-state index in [-0.39, 0.29) is 30.2 Å². The Kier molecular flexibility index (Phi) is 3.86. The summed E-state index contributed by atoms with van der Waals surface area (Å²) in [6.07, 6.45) is 0.512. The summed E-state index contributed by atoms with van der Waals surface area (Å²) < 4.78 is 5.63. The van der Waals surface area contributed by atoms with Gasteiger partial charge >= 0.3 is 0 Å². The molecule has 1 fully saturated rings. The number of hydrogen-bond donors (Lipinski definition) is 3. The molecular formula is C11H14BrNO4. The first-order chi connectivity index (χ1) is 8.10. The van der Waals surface area contributed by atoms with Crippen molar-refractivity contribution in [2.45, 2.75) is 25.0 Å². The predicted octanol–water partition coefficient (Wildman–Crippen LogP) is 0.904. The Bertz CT molecular complexity index is 406. The minimum Gasteiger partial charge on any atom is -0.444 e. The molecule has 0 bridgehead atoms. The first kappa shape index (κ1) is 12.6. The van der Waals surface area contributed by atoms with E-state index in [2.05, 4.69) is 21.2 Å². The highest BCUT2D eigenvalue weighted by Gasteiger charge is 2.33. The van der Waals surface area contributed by atoms with Crippen LogP contribution in [0.4, 0.5) is 0 Å². The van der Waals surface area contributed by atoms with Crippen LogP contribution < -0.4 is 5.32 Å². The Hall–Kier alpha value is -0.850. The van der Waals surface area contributed by atoms with Gasteiger partial charge in [0, 0.05) is 18.6 Å². The smallest absolute Gasteiger partial charge is 0.287 e. The fraction of sp³-hybridized carbons (Fsp3) is 0.545. The van der Waals surface area contributed by atoms with Crippen molar-refractivity contribution in [3.8, 4) is 0 Å². The lowest BCUT2D eigenvalue weighted by molar-refractivity contribution is 0.0894. The summed E-state index contributed by atoms with van der Waals surface area (Å²) in [6.45, 7) is -0.0557. The van der Waals surface area contributed by atoms with Crippen LogP contribution in [0.2, 0.25) is 0 Å². The van der Waals surface area contributed by atoms with Crippen LogP contribution >= 0.6 is 15.9 Å². The van der Waals surface area contributed by atoms with Gasteiger partial charge in [-0.25, -0.2) is 0 Å². The molecule has 6 heteroatoms. The number of aliphatic hydroxyl groups excluding tert-OH is 2. The fourth-order valence-corrected chi connectivity index (χ4v) is 2.42. The van der Waals surface area contributed by atoms with Gasteiger partial charge < -0.3 is 19.9 Å². The van der Waals surface area contributed by atoms with Gasteiger partial charge in [-0.15, -0.1) is 0 Å². The van der Waals surface area contributed by atoms with Crippen LogP contribution in [0.5, 0.6) is 0 Å². The normalized spacial score (nSPS) is 28.3. The van der Waals surface area contributed by atoms with Gasteiger partial charge in [0.05, 0.1) is 6.10 Å². The summed E-state index contributed by atoms with van der Waals surface area (Å²) in [7, 11) is 0. The van der Waals surface area contributed by atoms with Crippen molar-refractivity contribution < 1.29 is 19.4 Å². The van der Waals surface area contributed by atoms with Gasteiger partial charge in [-0.2, -0.15) is 0 Å². The van der Waals surface area contributed by atoms with Crippen LogP contribution in [0.15, 0.2) is 21.2 Å². The highest BCUT2D eigenvalue weighted by molar-refractivity contribution is 9.10. The zero-order valence-electron chi connectivity index (χ0n) is 9.10. The quantitative estimate of drug-likeness (QED) is 0.775. The van der Waals surface area contributed by atoms with E-state index in [1.807, 2.05) is 0 Å². The van der Waals surface area contributed by atoms with Crippen molar-refractivity contribution >= 4 is 21.8 Å². The highest BCUT2D eigenvalue weighted by atomic mass is 79.9. The SMILES string of the molecule is O=C(N[C@H]1C[C@H](CO)[C@H](O)C1)c1ccc(Br)o1. The summed E-state index contributed by atoms with van der Waals surface area (Å²) in [5, 5.41) is 21.4. The molecule has 0 saturated heterocycles. The predicted molar refractivity (Wildman–Crippen MR) is 63.5 cm³/mol. The third kappa shape index (κ3) is 2.88. The third-order valence-corrected chi connectivity index (χ3v) is 3.45. The monoisotopic (exact) mass is 303 g/mol. The largest absolute Gasteiger partial charge is 0.444 e. The van der Waals surface area contributed by atoms with E-state index in [4.69, 9.17) is 9.52 Å². The second-order valence-corrected chi connectivity index (χ2v) is 5.04. The molecule has 2 rings (SSSR count). The summed E-state index contributed by atoms with van der Waals surface area (Å²) in [4.78, 5) is 11.7. The van der Waals surface area contributed by atoms with E-state index >= 15 is 0 Å². The van der Waals surface area contributed by atoms with Crippen molar-refractivity contribution in [3.63, 3.8) is 0 Å². The first-order valence-electron chi connectivity index (χ1n) is 5.45. The molecule has 0 radical (unpaired) electrons. The number of halogens is 1. The van der Waals surface area contributed by atoms with Crippen LogP contribution in [0.25, 0.3) is 0 Å². The Morgan fingerprint density at radius 3 is 2.82 bits per heavy atom. The number of hydrogen-bond acceptors (Lipinski definition) is 4. The van der Waals surface area contributed by atoms with E-state index in [1.165, 1.54) is 0 Å². The van der Waals surface area contributed by atoms with Gasteiger partial charge in [-0.1, -0.05) is 0 Å². The highest BCUT2D eigenvalue weighted by Crippen LogP contribution is 2.26. The molecule has 3 atom stereocenters. The number of furan rings is 1. The Labute approximate surface area is 107 Å². The Morgan fingerprint density at radius 2 is 2.29 bits per heavy atom. The fourth-order valence-electron chi connectivity index (χ4n) is 2.11. The van der Waals surface area contributed by atoms with Gasteiger partial charge in [0.2, 0.25) is 0 Å². The molecule has 1 heterocycles. The topological polar surface area (TPSA) is 82.7 Å². The van der Waals surface area contributed by atoms with Crippen LogP contribution in [0.3, 0.4) is 0 Å². The second-order valence-electron chi connectivity index (χ2n) is 4.26. The second kappa shape index (κ2) is 5.20. The van der Waals surface area contributed by atoms with Crippen molar-refractivity contribution in [2.75, 3.05) is 6.61 Å². The van der Waals surface area contributed by atoms with Gasteiger partial charge in [0.1, 0.15) is 0 Å². The molecule has 1 aliphatic rings.